The predicted octanol–water partition coefficient (Wildman–Crippen LogP) is 2.76. The fraction of sp³-hybridized carbons (Fsp3) is 0.192. The molecule has 1 fully saturated rings. The lowest BCUT2D eigenvalue weighted by atomic mass is 9.93. The lowest BCUT2D eigenvalue weighted by Crippen LogP contribution is -2.42. The Hall–Kier alpha value is -4.33. The number of fused-ring (bicyclic) bond motifs is 7. The number of nitrogens with zero attached hydrogens (tertiary/aromatic N) is 5. The Morgan fingerprint density at radius 3 is 2.41 bits per heavy atom. The minimum absolute atomic E-state index is 0.0479. The van der Waals surface area contributed by atoms with Crippen molar-refractivity contribution in [3.05, 3.63) is 80.9 Å². The quantitative estimate of drug-likeness (QED) is 0.420. The number of hydrogen-bond donors (Lipinski definition) is 1. The summed E-state index contributed by atoms with van der Waals surface area (Å²) in [5.74, 6) is 0.0983. The number of aliphatic hydroxyl groups excluding tert-OH is 1. The van der Waals surface area contributed by atoms with Gasteiger partial charge in [0.25, 0.3) is 5.56 Å². The number of anilines is 1. The maximum atomic E-state index is 13.6. The molecule has 1 saturated heterocycles. The van der Waals surface area contributed by atoms with Gasteiger partial charge in [-0.25, -0.2) is 9.97 Å². The van der Waals surface area contributed by atoms with Gasteiger partial charge in [0.2, 0.25) is 5.78 Å². The molecule has 5 aromatic rings. The van der Waals surface area contributed by atoms with Crippen LogP contribution in [0.5, 0.6) is 0 Å². The number of aromatic nitrogens is 4. The number of hydrogen-bond acceptors (Lipinski definition) is 7. The summed E-state index contributed by atoms with van der Waals surface area (Å²) in [5.41, 5.74) is 1.73. The first-order chi connectivity index (χ1) is 16.6. The normalized spacial score (nSPS) is 15.8. The van der Waals surface area contributed by atoms with Gasteiger partial charge in [-0.3, -0.25) is 9.59 Å². The number of para-hydroxylation sites is 1. The van der Waals surface area contributed by atoms with E-state index in [0.29, 0.717) is 22.0 Å². The summed E-state index contributed by atoms with van der Waals surface area (Å²) in [6, 6.07) is 14.4. The van der Waals surface area contributed by atoms with Gasteiger partial charge in [-0.05, 0) is 25.3 Å². The van der Waals surface area contributed by atoms with E-state index in [9.17, 15) is 14.7 Å². The molecule has 0 saturated carbocycles. The molecule has 1 N–H and O–H groups in total. The molecule has 3 aromatic heterocycles. The van der Waals surface area contributed by atoms with E-state index in [1.165, 1.54) is 10.9 Å². The van der Waals surface area contributed by atoms with Gasteiger partial charge in [0.1, 0.15) is 28.0 Å². The highest BCUT2D eigenvalue weighted by molar-refractivity contribution is 6.16. The summed E-state index contributed by atoms with van der Waals surface area (Å²) in [7, 11) is 0. The lowest BCUT2D eigenvalue weighted by Gasteiger charge is -2.28. The number of ketones is 1. The van der Waals surface area contributed by atoms with Crippen LogP contribution in [0.1, 0.15) is 40.9 Å². The molecular formula is C26H19N5O3. The molecule has 34 heavy (non-hydrogen) atoms. The van der Waals surface area contributed by atoms with Crippen molar-refractivity contribution in [3.8, 4) is 0 Å². The average Bonchev–Trinajstić information content (AvgIpc) is 3.28. The maximum Gasteiger partial charge on any atom is 0.286 e. The fourth-order valence-corrected chi connectivity index (χ4v) is 5.22. The Kier molecular flexibility index (Phi) is 3.85. The molecule has 0 spiro atoms. The van der Waals surface area contributed by atoms with Crippen LogP contribution in [0.25, 0.3) is 33.2 Å². The Balaban J connectivity index is 1.66. The number of benzene rings is 2. The van der Waals surface area contributed by atoms with Crippen molar-refractivity contribution in [1.82, 2.24) is 19.6 Å². The minimum Gasteiger partial charge on any atom is -0.506 e. The van der Waals surface area contributed by atoms with E-state index in [4.69, 9.17) is 4.98 Å². The maximum absolute atomic E-state index is 13.6. The number of carbonyl (C=O) groups excluding carboxylic acids is 1. The van der Waals surface area contributed by atoms with Crippen LogP contribution in [0, 0.1) is 0 Å². The molecule has 2 aliphatic rings. The van der Waals surface area contributed by atoms with Crippen molar-refractivity contribution < 1.29 is 9.90 Å². The first kappa shape index (κ1) is 19.2. The van der Waals surface area contributed by atoms with Gasteiger partial charge in [-0.15, -0.1) is 0 Å². The third-order valence-electron chi connectivity index (χ3n) is 6.87. The second kappa shape index (κ2) is 6.84. The third kappa shape index (κ3) is 2.45. The molecule has 4 heterocycles. The molecule has 0 bridgehead atoms. The molecule has 8 nitrogen and oxygen atoms in total. The summed E-state index contributed by atoms with van der Waals surface area (Å²) in [4.78, 5) is 38.8. The molecule has 0 radical (unpaired) electrons. The molecule has 166 valence electrons. The van der Waals surface area contributed by atoms with Crippen LogP contribution >= 0.6 is 0 Å². The fourth-order valence-electron chi connectivity index (χ4n) is 5.22. The molecule has 7 rings (SSSR count). The van der Waals surface area contributed by atoms with Gasteiger partial charge in [-0.1, -0.05) is 42.5 Å². The highest BCUT2D eigenvalue weighted by Crippen LogP contribution is 2.34. The number of piperidine rings is 1. The Labute approximate surface area is 192 Å². The Bertz CT molecular complexity index is 1800. The summed E-state index contributed by atoms with van der Waals surface area (Å²) >= 11 is 0. The molecule has 1 aliphatic heterocycles. The smallest absolute Gasteiger partial charge is 0.286 e. The van der Waals surface area contributed by atoms with Crippen molar-refractivity contribution in [3.63, 3.8) is 0 Å². The lowest BCUT2D eigenvalue weighted by molar-refractivity contribution is 0.103. The standard InChI is InChI=1S/C26H19N5O3/c32-22-14-8-2-3-9-15(14)23(33)21-18(22)26(34)31-25(28-21)19-20(29-31)16-10-4-5-11-17(16)27-24(19)30-12-6-1-7-13-30/h2-5,8-11,32H,1,6-7,12-13H2. The second-order valence-corrected chi connectivity index (χ2v) is 8.82. The molecule has 0 amide bonds. The SMILES string of the molecule is O=C1c2ccccc2C(O)=c2c1nc1c3c(N4CCCCC4)nc4ccccc4c3nn1c2=O. The van der Waals surface area contributed by atoms with Crippen LogP contribution in [-0.2, 0) is 0 Å². The zero-order chi connectivity index (χ0) is 23.0. The van der Waals surface area contributed by atoms with Gasteiger partial charge in [0.05, 0.1) is 10.9 Å². The third-order valence-corrected chi connectivity index (χ3v) is 6.87. The Morgan fingerprint density at radius 2 is 1.59 bits per heavy atom. The number of aliphatic hydroxyl groups is 1. The van der Waals surface area contributed by atoms with E-state index < -0.39 is 5.56 Å². The zero-order valence-corrected chi connectivity index (χ0v) is 18.2. The average molecular weight is 449 g/mol. The largest absolute Gasteiger partial charge is 0.506 e. The highest BCUT2D eigenvalue weighted by atomic mass is 16.3. The van der Waals surface area contributed by atoms with E-state index >= 15 is 0 Å². The molecule has 0 atom stereocenters. The summed E-state index contributed by atoms with van der Waals surface area (Å²) in [5, 5.41) is 17.0. The molecule has 2 aromatic carbocycles. The van der Waals surface area contributed by atoms with E-state index in [-0.39, 0.29) is 28.1 Å². The summed E-state index contributed by atoms with van der Waals surface area (Å²) in [6.45, 7) is 1.71. The van der Waals surface area contributed by atoms with E-state index in [2.05, 4.69) is 15.0 Å². The predicted molar refractivity (Wildman–Crippen MR) is 128 cm³/mol. The monoisotopic (exact) mass is 449 g/mol. The van der Waals surface area contributed by atoms with Crippen LogP contribution in [-0.4, -0.2) is 43.6 Å². The topological polar surface area (TPSA) is 101 Å². The van der Waals surface area contributed by atoms with Crippen molar-refractivity contribution in [2.24, 2.45) is 0 Å². The first-order valence-electron chi connectivity index (χ1n) is 11.4. The molecule has 1 aliphatic carbocycles. The van der Waals surface area contributed by atoms with Crippen LogP contribution < -0.4 is 15.7 Å². The highest BCUT2D eigenvalue weighted by Gasteiger charge is 2.30. The minimum atomic E-state index is -0.565. The number of rotatable bonds is 1. The van der Waals surface area contributed by atoms with E-state index in [1.807, 2.05) is 24.3 Å². The van der Waals surface area contributed by atoms with Crippen molar-refractivity contribution >= 4 is 44.8 Å². The van der Waals surface area contributed by atoms with Crippen LogP contribution in [0.2, 0.25) is 0 Å². The Morgan fingerprint density at radius 1 is 0.853 bits per heavy atom. The van der Waals surface area contributed by atoms with Gasteiger partial charge in [0.15, 0.2) is 5.65 Å². The van der Waals surface area contributed by atoms with Gasteiger partial charge in [-0.2, -0.15) is 9.61 Å². The van der Waals surface area contributed by atoms with E-state index in [1.54, 1.807) is 24.3 Å². The van der Waals surface area contributed by atoms with Crippen LogP contribution in [0.15, 0.2) is 53.3 Å². The van der Waals surface area contributed by atoms with Crippen molar-refractivity contribution in [1.29, 1.82) is 0 Å². The summed E-state index contributed by atoms with van der Waals surface area (Å²) in [6.07, 6.45) is 3.29. The van der Waals surface area contributed by atoms with E-state index in [0.717, 1.165) is 42.7 Å². The molecule has 8 heteroatoms. The van der Waals surface area contributed by atoms with Crippen molar-refractivity contribution in [2.45, 2.75) is 19.3 Å². The van der Waals surface area contributed by atoms with Crippen LogP contribution in [0.3, 0.4) is 0 Å². The van der Waals surface area contributed by atoms with Gasteiger partial charge >= 0.3 is 0 Å². The van der Waals surface area contributed by atoms with Crippen LogP contribution in [0.4, 0.5) is 5.82 Å². The number of carbonyl (C=O) groups is 1. The number of pyridine rings is 1. The molecule has 0 unspecified atom stereocenters. The van der Waals surface area contributed by atoms with Gasteiger partial charge < -0.3 is 10.0 Å². The zero-order valence-electron chi connectivity index (χ0n) is 18.2. The van der Waals surface area contributed by atoms with Crippen molar-refractivity contribution in [2.75, 3.05) is 18.0 Å². The molecular weight excluding hydrogens is 430 g/mol. The first-order valence-corrected chi connectivity index (χ1v) is 11.4. The second-order valence-electron chi connectivity index (χ2n) is 8.82. The summed E-state index contributed by atoms with van der Waals surface area (Å²) < 4.78 is 1.21. The van der Waals surface area contributed by atoms with Gasteiger partial charge in [0, 0.05) is 29.6 Å².